The van der Waals surface area contributed by atoms with E-state index in [2.05, 4.69) is 54.1 Å². The van der Waals surface area contributed by atoms with Crippen molar-refractivity contribution in [3.63, 3.8) is 0 Å². The third kappa shape index (κ3) is 1.66. The Morgan fingerprint density at radius 2 is 1.67 bits per heavy atom. The van der Waals surface area contributed by atoms with Crippen molar-refractivity contribution in [3.8, 4) is 17.0 Å². The average molecular weight is 237 g/mol. The molecule has 0 bridgehead atoms. The van der Waals surface area contributed by atoms with Gasteiger partial charge in [0.05, 0.1) is 7.11 Å². The molecular weight excluding hydrogens is 222 g/mol. The molecule has 0 aliphatic heterocycles. The number of benzene rings is 2. The smallest absolute Gasteiger partial charge is 0.118 e. The predicted molar refractivity (Wildman–Crippen MR) is 74.9 cm³/mol. The first-order valence-electron chi connectivity index (χ1n) is 5.98. The van der Waals surface area contributed by atoms with Gasteiger partial charge < -0.3 is 9.30 Å². The van der Waals surface area contributed by atoms with Crippen LogP contribution in [0.2, 0.25) is 0 Å². The molecule has 0 saturated heterocycles. The van der Waals surface area contributed by atoms with E-state index >= 15 is 0 Å². The molecule has 0 N–H and O–H groups in total. The van der Waals surface area contributed by atoms with Crippen LogP contribution in [0.15, 0.2) is 54.6 Å². The van der Waals surface area contributed by atoms with Gasteiger partial charge in [0.2, 0.25) is 0 Å². The number of nitrogens with zero attached hydrogens (tertiary/aromatic N) is 1. The highest BCUT2D eigenvalue weighted by atomic mass is 16.5. The molecule has 0 aliphatic carbocycles. The van der Waals surface area contributed by atoms with Gasteiger partial charge in [-0.15, -0.1) is 0 Å². The molecule has 0 atom stereocenters. The third-order valence-corrected chi connectivity index (χ3v) is 3.34. The second-order valence-electron chi connectivity index (χ2n) is 4.38. The Bertz CT molecular complexity index is 680. The molecule has 0 unspecified atom stereocenters. The summed E-state index contributed by atoms with van der Waals surface area (Å²) in [7, 11) is 3.79. The molecule has 0 radical (unpaired) electrons. The Balaban J connectivity index is 2.15. The third-order valence-electron chi connectivity index (χ3n) is 3.34. The molecule has 18 heavy (non-hydrogen) atoms. The first-order chi connectivity index (χ1) is 8.79. The summed E-state index contributed by atoms with van der Waals surface area (Å²) in [5.41, 5.74) is 3.68. The number of rotatable bonds is 2. The largest absolute Gasteiger partial charge is 0.497 e. The van der Waals surface area contributed by atoms with E-state index in [1.165, 1.54) is 22.2 Å². The second-order valence-corrected chi connectivity index (χ2v) is 4.38. The summed E-state index contributed by atoms with van der Waals surface area (Å²) in [6.07, 6.45) is 0. The standard InChI is InChI=1S/C16H15NO/c1-17-15-6-4-3-5-13(15)11-16(17)12-7-9-14(18-2)10-8-12/h3-11H,1-2H3. The van der Waals surface area contributed by atoms with E-state index in [0.717, 1.165) is 5.75 Å². The van der Waals surface area contributed by atoms with Gasteiger partial charge in [-0.05, 0) is 42.0 Å². The lowest BCUT2D eigenvalue weighted by Gasteiger charge is -2.05. The van der Waals surface area contributed by atoms with E-state index in [9.17, 15) is 0 Å². The minimum atomic E-state index is 0.887. The fourth-order valence-corrected chi connectivity index (χ4v) is 2.33. The van der Waals surface area contributed by atoms with E-state index in [0.29, 0.717) is 0 Å². The Morgan fingerprint density at radius 3 is 2.33 bits per heavy atom. The number of hydrogen-bond acceptors (Lipinski definition) is 1. The highest BCUT2D eigenvalue weighted by Crippen LogP contribution is 2.28. The summed E-state index contributed by atoms with van der Waals surface area (Å²) >= 11 is 0. The zero-order chi connectivity index (χ0) is 12.5. The Labute approximate surface area is 106 Å². The van der Waals surface area contributed by atoms with Crippen LogP contribution in [0.1, 0.15) is 0 Å². The van der Waals surface area contributed by atoms with Crippen molar-refractivity contribution in [1.29, 1.82) is 0 Å². The van der Waals surface area contributed by atoms with Crippen LogP contribution in [-0.4, -0.2) is 11.7 Å². The topological polar surface area (TPSA) is 14.2 Å². The first kappa shape index (κ1) is 10.9. The van der Waals surface area contributed by atoms with Gasteiger partial charge in [0.1, 0.15) is 5.75 Å². The monoisotopic (exact) mass is 237 g/mol. The van der Waals surface area contributed by atoms with E-state index < -0.39 is 0 Å². The number of fused-ring (bicyclic) bond motifs is 1. The van der Waals surface area contributed by atoms with Gasteiger partial charge in [-0.2, -0.15) is 0 Å². The van der Waals surface area contributed by atoms with Crippen LogP contribution in [0.25, 0.3) is 22.2 Å². The Kier molecular flexibility index (Phi) is 2.56. The molecule has 0 spiro atoms. The molecule has 0 amide bonds. The summed E-state index contributed by atoms with van der Waals surface area (Å²) in [5, 5.41) is 1.27. The molecule has 0 fully saturated rings. The molecule has 0 aliphatic rings. The highest BCUT2D eigenvalue weighted by molar-refractivity contribution is 5.86. The van der Waals surface area contributed by atoms with Crippen LogP contribution in [-0.2, 0) is 7.05 Å². The lowest BCUT2D eigenvalue weighted by atomic mass is 10.1. The molecule has 90 valence electrons. The number of aryl methyl sites for hydroxylation is 1. The number of methoxy groups -OCH3 is 1. The first-order valence-corrected chi connectivity index (χ1v) is 5.98. The van der Waals surface area contributed by atoms with Gasteiger partial charge >= 0.3 is 0 Å². The normalized spacial score (nSPS) is 10.8. The average Bonchev–Trinajstić information content (AvgIpc) is 2.77. The van der Waals surface area contributed by atoms with Crippen LogP contribution < -0.4 is 4.74 Å². The van der Waals surface area contributed by atoms with E-state index in [1.54, 1.807) is 7.11 Å². The van der Waals surface area contributed by atoms with Crippen LogP contribution >= 0.6 is 0 Å². The van der Waals surface area contributed by atoms with Crippen molar-refractivity contribution in [2.24, 2.45) is 7.05 Å². The number of ether oxygens (including phenoxy) is 1. The number of hydrogen-bond donors (Lipinski definition) is 0. The zero-order valence-corrected chi connectivity index (χ0v) is 10.6. The second kappa shape index (κ2) is 4.22. The van der Waals surface area contributed by atoms with Gasteiger partial charge in [0.25, 0.3) is 0 Å². The van der Waals surface area contributed by atoms with Crippen molar-refractivity contribution in [2.75, 3.05) is 7.11 Å². The molecule has 2 aromatic carbocycles. The SMILES string of the molecule is COc1ccc(-c2cc3ccccc3n2C)cc1. The van der Waals surface area contributed by atoms with Crippen molar-refractivity contribution in [2.45, 2.75) is 0 Å². The minimum Gasteiger partial charge on any atom is -0.497 e. The molecule has 3 rings (SSSR count). The number of para-hydroxylation sites is 1. The molecule has 1 heterocycles. The lowest BCUT2D eigenvalue weighted by Crippen LogP contribution is -1.91. The molecule has 3 aromatic rings. The fourth-order valence-electron chi connectivity index (χ4n) is 2.33. The van der Waals surface area contributed by atoms with E-state index in [1.807, 2.05) is 12.1 Å². The summed E-state index contributed by atoms with van der Waals surface area (Å²) in [4.78, 5) is 0. The van der Waals surface area contributed by atoms with Gasteiger partial charge in [-0.25, -0.2) is 0 Å². The van der Waals surface area contributed by atoms with Crippen LogP contribution in [0.3, 0.4) is 0 Å². The molecule has 0 saturated carbocycles. The van der Waals surface area contributed by atoms with Crippen LogP contribution in [0, 0.1) is 0 Å². The highest BCUT2D eigenvalue weighted by Gasteiger charge is 2.07. The van der Waals surface area contributed by atoms with Gasteiger partial charge in [-0.1, -0.05) is 18.2 Å². The summed E-state index contributed by atoms with van der Waals surface area (Å²) in [5.74, 6) is 0.887. The molecule has 1 aromatic heterocycles. The maximum atomic E-state index is 5.19. The van der Waals surface area contributed by atoms with Crippen LogP contribution in [0.4, 0.5) is 0 Å². The summed E-state index contributed by atoms with van der Waals surface area (Å²) in [6, 6.07) is 18.8. The maximum absolute atomic E-state index is 5.19. The molecule has 2 nitrogen and oxygen atoms in total. The van der Waals surface area contributed by atoms with E-state index in [-0.39, 0.29) is 0 Å². The molecule has 2 heteroatoms. The maximum Gasteiger partial charge on any atom is 0.118 e. The summed E-state index contributed by atoms with van der Waals surface area (Å²) in [6.45, 7) is 0. The fraction of sp³-hybridized carbons (Fsp3) is 0.125. The quantitative estimate of drug-likeness (QED) is 0.660. The predicted octanol–water partition coefficient (Wildman–Crippen LogP) is 3.85. The lowest BCUT2D eigenvalue weighted by molar-refractivity contribution is 0.415. The van der Waals surface area contributed by atoms with Crippen LogP contribution in [0.5, 0.6) is 5.75 Å². The summed E-state index contributed by atoms with van der Waals surface area (Å²) < 4.78 is 7.41. The Morgan fingerprint density at radius 1 is 0.944 bits per heavy atom. The van der Waals surface area contributed by atoms with Crippen molar-refractivity contribution in [3.05, 3.63) is 54.6 Å². The molecular formula is C16H15NO. The van der Waals surface area contributed by atoms with Gasteiger partial charge in [-0.3, -0.25) is 0 Å². The van der Waals surface area contributed by atoms with Gasteiger partial charge in [0.15, 0.2) is 0 Å². The number of aromatic nitrogens is 1. The van der Waals surface area contributed by atoms with Crippen molar-refractivity contribution in [1.82, 2.24) is 4.57 Å². The van der Waals surface area contributed by atoms with E-state index in [4.69, 9.17) is 4.74 Å². The zero-order valence-electron chi connectivity index (χ0n) is 10.6. The minimum absolute atomic E-state index is 0.887. The van der Waals surface area contributed by atoms with Gasteiger partial charge in [0, 0.05) is 23.6 Å². The Hall–Kier alpha value is -2.22. The van der Waals surface area contributed by atoms with Crippen molar-refractivity contribution < 1.29 is 4.74 Å². The van der Waals surface area contributed by atoms with Crippen molar-refractivity contribution >= 4 is 10.9 Å².